The van der Waals surface area contributed by atoms with Crippen molar-refractivity contribution in [2.45, 2.75) is 32.1 Å². The van der Waals surface area contributed by atoms with Crippen molar-refractivity contribution in [2.24, 2.45) is 4.40 Å². The third kappa shape index (κ3) is 3.36. The van der Waals surface area contributed by atoms with Gasteiger partial charge in [-0.15, -0.1) is 0 Å². The van der Waals surface area contributed by atoms with E-state index in [0.29, 0.717) is 5.92 Å². The van der Waals surface area contributed by atoms with Gasteiger partial charge in [0.15, 0.2) is 0 Å². The zero-order valence-electron chi connectivity index (χ0n) is 14.2. The normalized spacial score (nSPS) is 20.5. The van der Waals surface area contributed by atoms with Gasteiger partial charge in [0.05, 0.1) is 0 Å². The minimum absolute atomic E-state index is 0.486. The van der Waals surface area contributed by atoms with Gasteiger partial charge in [0.25, 0.3) is 0 Å². The Morgan fingerprint density at radius 3 is 2.46 bits per heavy atom. The molecule has 0 N–H and O–H groups in total. The minimum Gasteiger partial charge on any atom is -0.358 e. The van der Waals surface area contributed by atoms with Gasteiger partial charge in [-0.1, -0.05) is 54.1 Å². The van der Waals surface area contributed by atoms with Crippen LogP contribution < -0.4 is 0 Å². The molecule has 2 aromatic carbocycles. The molecule has 3 heteroatoms. The largest absolute Gasteiger partial charge is 0.358 e. The maximum Gasteiger partial charge on any atom is 0.120 e. The molecule has 2 aliphatic heterocycles. The number of hydrogen-bond acceptors (Lipinski definition) is 3. The molecule has 0 amide bonds. The maximum absolute atomic E-state index is 4.77. The van der Waals surface area contributed by atoms with Crippen LogP contribution in [0.5, 0.6) is 0 Å². The van der Waals surface area contributed by atoms with E-state index in [-0.39, 0.29) is 0 Å². The summed E-state index contributed by atoms with van der Waals surface area (Å²) in [5.41, 5.74) is 5.51. The molecule has 0 bridgehead atoms. The molecule has 0 aliphatic carbocycles. The van der Waals surface area contributed by atoms with E-state index in [1.54, 1.807) is 11.9 Å². The smallest absolute Gasteiger partial charge is 0.120 e. The Kier molecular flexibility index (Phi) is 4.61. The highest BCUT2D eigenvalue weighted by molar-refractivity contribution is 7.98. The Morgan fingerprint density at radius 2 is 1.71 bits per heavy atom. The predicted molar refractivity (Wildman–Crippen MR) is 104 cm³/mol. The molecule has 1 atom stereocenters. The fourth-order valence-corrected chi connectivity index (χ4v) is 4.45. The summed E-state index contributed by atoms with van der Waals surface area (Å²) in [5, 5.41) is 0. The quantitative estimate of drug-likeness (QED) is 0.746. The average Bonchev–Trinajstić information content (AvgIpc) is 2.64. The van der Waals surface area contributed by atoms with E-state index in [1.807, 2.05) is 0 Å². The lowest BCUT2D eigenvalue weighted by Crippen LogP contribution is -2.42. The standard InChI is InChI=1S/C21H24N2S/c1-16-4-6-17(7-5-16)15-18-8-10-19(11-9-18)20-3-2-12-23-13-14-24-22-21(20)23/h4-11,20H,2-3,12-15H2,1H3. The molecule has 1 fully saturated rings. The van der Waals surface area contributed by atoms with Crippen molar-refractivity contribution >= 4 is 17.8 Å². The van der Waals surface area contributed by atoms with Crippen molar-refractivity contribution in [1.82, 2.24) is 4.90 Å². The summed E-state index contributed by atoms with van der Waals surface area (Å²) in [6.45, 7) is 4.48. The van der Waals surface area contributed by atoms with Gasteiger partial charge in [-0.05, 0) is 54.8 Å². The van der Waals surface area contributed by atoms with Gasteiger partial charge in [-0.3, -0.25) is 0 Å². The molecular formula is C21H24N2S. The van der Waals surface area contributed by atoms with Gasteiger partial charge in [0.2, 0.25) is 0 Å². The number of piperidine rings is 1. The third-order valence-corrected chi connectivity index (χ3v) is 5.76. The molecule has 4 rings (SSSR count). The first-order chi connectivity index (χ1) is 11.8. The van der Waals surface area contributed by atoms with E-state index >= 15 is 0 Å². The van der Waals surface area contributed by atoms with Crippen molar-refractivity contribution in [3.8, 4) is 0 Å². The zero-order chi connectivity index (χ0) is 16.4. The van der Waals surface area contributed by atoms with Crippen molar-refractivity contribution in [1.29, 1.82) is 0 Å². The van der Waals surface area contributed by atoms with Crippen molar-refractivity contribution in [3.05, 3.63) is 70.8 Å². The fraction of sp³-hybridized carbons (Fsp3) is 0.381. The van der Waals surface area contributed by atoms with Crippen LogP contribution in [0.25, 0.3) is 0 Å². The SMILES string of the molecule is Cc1ccc(Cc2ccc(C3CCCN4CCSN=C34)cc2)cc1. The van der Waals surface area contributed by atoms with Crippen LogP contribution in [0.3, 0.4) is 0 Å². The van der Waals surface area contributed by atoms with Crippen molar-refractivity contribution in [2.75, 3.05) is 18.8 Å². The second kappa shape index (κ2) is 7.02. The van der Waals surface area contributed by atoms with E-state index in [9.17, 15) is 0 Å². The molecule has 0 radical (unpaired) electrons. The van der Waals surface area contributed by atoms with Gasteiger partial charge < -0.3 is 4.90 Å². The van der Waals surface area contributed by atoms with E-state index < -0.39 is 0 Å². The monoisotopic (exact) mass is 336 g/mol. The van der Waals surface area contributed by atoms with Crippen LogP contribution in [-0.2, 0) is 6.42 Å². The van der Waals surface area contributed by atoms with Gasteiger partial charge in [0.1, 0.15) is 5.84 Å². The summed E-state index contributed by atoms with van der Waals surface area (Å²) >= 11 is 1.73. The van der Waals surface area contributed by atoms with Crippen LogP contribution in [0.1, 0.15) is 41.0 Å². The minimum atomic E-state index is 0.486. The molecule has 0 saturated carbocycles. The van der Waals surface area contributed by atoms with Crippen molar-refractivity contribution < 1.29 is 0 Å². The lowest BCUT2D eigenvalue weighted by Gasteiger charge is -2.37. The topological polar surface area (TPSA) is 15.6 Å². The number of benzene rings is 2. The van der Waals surface area contributed by atoms with Gasteiger partial charge in [-0.25, -0.2) is 4.40 Å². The van der Waals surface area contributed by atoms with Crippen LogP contribution in [0, 0.1) is 6.92 Å². The molecule has 1 saturated heterocycles. The molecule has 0 spiro atoms. The van der Waals surface area contributed by atoms with E-state index in [4.69, 9.17) is 4.40 Å². The summed E-state index contributed by atoms with van der Waals surface area (Å²) < 4.78 is 4.77. The third-order valence-electron chi connectivity index (χ3n) is 5.08. The molecule has 2 nitrogen and oxygen atoms in total. The zero-order valence-corrected chi connectivity index (χ0v) is 15.1. The highest BCUT2D eigenvalue weighted by Gasteiger charge is 2.29. The summed E-state index contributed by atoms with van der Waals surface area (Å²) in [6.07, 6.45) is 3.51. The van der Waals surface area contributed by atoms with Crippen LogP contribution in [-0.4, -0.2) is 29.6 Å². The Hall–Kier alpha value is -1.74. The summed E-state index contributed by atoms with van der Waals surface area (Å²) in [5.74, 6) is 2.93. The first kappa shape index (κ1) is 15.8. The number of amidine groups is 1. The highest BCUT2D eigenvalue weighted by Crippen LogP contribution is 2.32. The Morgan fingerprint density at radius 1 is 1.00 bits per heavy atom. The van der Waals surface area contributed by atoms with E-state index in [1.165, 1.54) is 47.5 Å². The highest BCUT2D eigenvalue weighted by atomic mass is 32.2. The van der Waals surface area contributed by atoms with Gasteiger partial charge in [-0.2, -0.15) is 0 Å². The number of aryl methyl sites for hydroxylation is 1. The molecule has 124 valence electrons. The van der Waals surface area contributed by atoms with Crippen molar-refractivity contribution in [3.63, 3.8) is 0 Å². The summed E-state index contributed by atoms with van der Waals surface area (Å²) in [6, 6.07) is 18.1. The Balaban J connectivity index is 1.51. The predicted octanol–water partition coefficient (Wildman–Crippen LogP) is 4.83. The second-order valence-electron chi connectivity index (χ2n) is 6.87. The average molecular weight is 337 g/mol. The van der Waals surface area contributed by atoms with E-state index in [2.05, 4.69) is 60.4 Å². The number of hydrogen-bond donors (Lipinski definition) is 0. The van der Waals surface area contributed by atoms with Gasteiger partial charge >= 0.3 is 0 Å². The Bertz CT molecular complexity index is 719. The molecule has 1 unspecified atom stereocenters. The number of fused-ring (bicyclic) bond motifs is 1. The maximum atomic E-state index is 4.77. The van der Waals surface area contributed by atoms with Crippen LogP contribution in [0.2, 0.25) is 0 Å². The molecule has 2 heterocycles. The summed E-state index contributed by atoms with van der Waals surface area (Å²) in [4.78, 5) is 2.49. The lowest BCUT2D eigenvalue weighted by molar-refractivity contribution is 0.371. The molecule has 2 aromatic rings. The van der Waals surface area contributed by atoms with Crippen LogP contribution >= 0.6 is 11.9 Å². The van der Waals surface area contributed by atoms with Crippen LogP contribution in [0.4, 0.5) is 0 Å². The number of rotatable bonds is 3. The number of nitrogens with zero attached hydrogens (tertiary/aromatic N) is 2. The molecule has 2 aliphatic rings. The Labute approximate surface area is 149 Å². The van der Waals surface area contributed by atoms with Gasteiger partial charge in [0, 0.05) is 24.8 Å². The van der Waals surface area contributed by atoms with E-state index in [0.717, 1.165) is 18.7 Å². The molecular weight excluding hydrogens is 312 g/mol. The fourth-order valence-electron chi connectivity index (χ4n) is 3.69. The molecule has 0 aromatic heterocycles. The second-order valence-corrected chi connectivity index (χ2v) is 7.72. The molecule has 24 heavy (non-hydrogen) atoms. The first-order valence-electron chi connectivity index (χ1n) is 8.89. The first-order valence-corrected chi connectivity index (χ1v) is 9.83. The lowest BCUT2D eigenvalue weighted by atomic mass is 9.88. The summed E-state index contributed by atoms with van der Waals surface area (Å²) in [7, 11) is 0. The van der Waals surface area contributed by atoms with Crippen LogP contribution in [0.15, 0.2) is 52.9 Å².